The van der Waals surface area contributed by atoms with Crippen LogP contribution in [-0.4, -0.2) is 11.7 Å². The molecule has 0 radical (unpaired) electrons. The van der Waals surface area contributed by atoms with Crippen LogP contribution < -0.4 is 9.80 Å². The van der Waals surface area contributed by atoms with Crippen molar-refractivity contribution in [2.75, 3.05) is 9.80 Å². The summed E-state index contributed by atoms with van der Waals surface area (Å²) in [4.78, 5) is 17.6. The van der Waals surface area contributed by atoms with E-state index in [9.17, 15) is 4.79 Å². The first kappa shape index (κ1) is 31.0. The normalized spacial score (nSPS) is 13.3. The number of benzene rings is 6. The molecule has 0 aromatic heterocycles. The Bertz CT molecular complexity index is 2060. The number of carbonyl (C=O) groups excluding carboxylic acids is 1. The van der Waals surface area contributed by atoms with E-state index < -0.39 is 5.60 Å². The van der Waals surface area contributed by atoms with Crippen molar-refractivity contribution < 1.29 is 9.53 Å². The molecule has 4 heteroatoms. The molecule has 0 saturated heterocycles. The van der Waals surface area contributed by atoms with Crippen LogP contribution in [0.4, 0.5) is 33.2 Å². The number of fused-ring (bicyclic) bond motifs is 2. The van der Waals surface area contributed by atoms with Crippen LogP contribution in [0.5, 0.6) is 0 Å². The largest absolute Gasteiger partial charge is 0.443 e. The van der Waals surface area contributed by atoms with Crippen molar-refractivity contribution in [1.82, 2.24) is 0 Å². The maximum absolute atomic E-state index is 13.6. The highest BCUT2D eigenvalue weighted by Gasteiger charge is 2.40. The van der Waals surface area contributed by atoms with Gasteiger partial charge in [-0.25, -0.2) is 9.69 Å². The molecule has 1 amide bonds. The zero-order chi connectivity index (χ0) is 33.5. The number of hydrogen-bond acceptors (Lipinski definition) is 3. The molecule has 238 valence electrons. The summed E-state index contributed by atoms with van der Waals surface area (Å²) < 4.78 is 5.89. The van der Waals surface area contributed by atoms with E-state index in [1.165, 1.54) is 11.1 Å². The molecule has 0 atom stereocenters. The summed E-state index contributed by atoms with van der Waals surface area (Å²) in [6.07, 6.45) is -0.374. The molecule has 0 bridgehead atoms. The van der Waals surface area contributed by atoms with Gasteiger partial charge < -0.3 is 9.64 Å². The molecule has 1 aliphatic heterocycles. The van der Waals surface area contributed by atoms with E-state index in [1.54, 1.807) is 4.90 Å². The Morgan fingerprint density at radius 2 is 1.00 bits per heavy atom. The Hall–Kier alpha value is -5.61. The number of anilines is 5. The number of carbonyl (C=O) groups is 1. The third-order valence-corrected chi connectivity index (χ3v) is 9.01. The smallest absolute Gasteiger partial charge is 0.419 e. The second-order valence-corrected chi connectivity index (χ2v) is 13.8. The van der Waals surface area contributed by atoms with Crippen LogP contribution >= 0.6 is 0 Å². The standard InChI is InChI=1S/C44H40N2O2/c1-43(2,3)48-42(47)46-40-19-13-12-18-38(40)44(4,5)39-30-34(24-29-41(39)46)33-22-27-37(28-23-33)45(35-16-10-7-11-17-35)36-25-20-32(21-26-36)31-14-8-6-9-15-31/h6-30H,1-5H3. The summed E-state index contributed by atoms with van der Waals surface area (Å²) in [5, 5.41) is 0. The third kappa shape index (κ3) is 5.86. The lowest BCUT2D eigenvalue weighted by atomic mass is 9.73. The number of para-hydroxylation sites is 2. The highest BCUT2D eigenvalue weighted by molar-refractivity contribution is 6.01. The minimum Gasteiger partial charge on any atom is -0.443 e. The van der Waals surface area contributed by atoms with E-state index >= 15 is 0 Å². The first-order valence-electron chi connectivity index (χ1n) is 16.5. The molecule has 1 heterocycles. The average molecular weight is 629 g/mol. The molecular formula is C44H40N2O2. The SMILES string of the molecule is CC(C)(C)OC(=O)N1c2ccccc2C(C)(C)c2cc(-c3ccc(N(c4ccccc4)c4ccc(-c5ccccc5)cc4)cc3)ccc21. The van der Waals surface area contributed by atoms with Gasteiger partial charge in [-0.05, 0) is 109 Å². The Balaban J connectivity index is 1.25. The van der Waals surface area contributed by atoms with Crippen LogP contribution in [0, 0.1) is 0 Å². The molecule has 0 aliphatic carbocycles. The topological polar surface area (TPSA) is 32.8 Å². The van der Waals surface area contributed by atoms with Crippen LogP contribution in [0.25, 0.3) is 22.3 Å². The summed E-state index contributed by atoms with van der Waals surface area (Å²) in [5.41, 5.74) is 10.8. The fourth-order valence-corrected chi connectivity index (χ4v) is 6.65. The Morgan fingerprint density at radius 1 is 0.542 bits per heavy atom. The lowest BCUT2D eigenvalue weighted by Crippen LogP contribution is -2.39. The first-order chi connectivity index (χ1) is 23.1. The third-order valence-electron chi connectivity index (χ3n) is 9.01. The molecule has 4 nitrogen and oxygen atoms in total. The summed E-state index contributed by atoms with van der Waals surface area (Å²) in [6.45, 7) is 10.2. The predicted octanol–water partition coefficient (Wildman–Crippen LogP) is 12.2. The van der Waals surface area contributed by atoms with E-state index in [0.29, 0.717) is 0 Å². The minimum atomic E-state index is -0.613. The predicted molar refractivity (Wildman–Crippen MR) is 199 cm³/mol. The summed E-state index contributed by atoms with van der Waals surface area (Å²) in [6, 6.07) is 52.9. The van der Waals surface area contributed by atoms with Gasteiger partial charge in [-0.1, -0.05) is 111 Å². The summed E-state index contributed by atoms with van der Waals surface area (Å²) in [7, 11) is 0. The monoisotopic (exact) mass is 628 g/mol. The molecule has 6 aromatic rings. The molecule has 0 fully saturated rings. The van der Waals surface area contributed by atoms with Crippen LogP contribution in [0.2, 0.25) is 0 Å². The van der Waals surface area contributed by atoms with Gasteiger partial charge >= 0.3 is 6.09 Å². The van der Waals surface area contributed by atoms with Crippen LogP contribution in [0.1, 0.15) is 45.7 Å². The first-order valence-corrected chi connectivity index (χ1v) is 16.5. The zero-order valence-electron chi connectivity index (χ0n) is 28.1. The van der Waals surface area contributed by atoms with Gasteiger partial charge in [0.1, 0.15) is 5.60 Å². The minimum absolute atomic E-state index is 0.323. The van der Waals surface area contributed by atoms with Gasteiger partial charge in [0.2, 0.25) is 0 Å². The van der Waals surface area contributed by atoms with Gasteiger partial charge in [-0.2, -0.15) is 0 Å². The van der Waals surface area contributed by atoms with Crippen molar-refractivity contribution in [3.05, 3.63) is 163 Å². The van der Waals surface area contributed by atoms with E-state index in [0.717, 1.165) is 50.7 Å². The second kappa shape index (κ2) is 12.2. The number of nitrogens with zero attached hydrogens (tertiary/aromatic N) is 2. The lowest BCUT2D eigenvalue weighted by molar-refractivity contribution is 0.0597. The molecule has 0 N–H and O–H groups in total. The fraction of sp³-hybridized carbons (Fsp3) is 0.159. The Morgan fingerprint density at radius 3 is 1.60 bits per heavy atom. The van der Waals surface area contributed by atoms with Crippen LogP contribution in [0.15, 0.2) is 152 Å². The van der Waals surface area contributed by atoms with Gasteiger partial charge in [0.05, 0.1) is 11.4 Å². The maximum Gasteiger partial charge on any atom is 0.419 e. The van der Waals surface area contributed by atoms with E-state index in [2.05, 4.69) is 140 Å². The van der Waals surface area contributed by atoms with Crippen molar-refractivity contribution in [3.63, 3.8) is 0 Å². The summed E-state index contributed by atoms with van der Waals surface area (Å²) >= 11 is 0. The highest BCUT2D eigenvalue weighted by atomic mass is 16.6. The molecule has 1 aliphatic rings. The molecule has 48 heavy (non-hydrogen) atoms. The Labute approximate surface area is 283 Å². The number of ether oxygens (including phenoxy) is 1. The quantitative estimate of drug-likeness (QED) is 0.190. The molecule has 0 unspecified atom stereocenters. The Kier molecular flexibility index (Phi) is 7.88. The van der Waals surface area contributed by atoms with Crippen LogP contribution in [-0.2, 0) is 10.2 Å². The van der Waals surface area contributed by atoms with Crippen molar-refractivity contribution in [3.8, 4) is 22.3 Å². The second-order valence-electron chi connectivity index (χ2n) is 13.8. The molecule has 0 spiro atoms. The van der Waals surface area contributed by atoms with Crippen molar-refractivity contribution in [2.45, 2.75) is 45.6 Å². The fourth-order valence-electron chi connectivity index (χ4n) is 6.65. The van der Waals surface area contributed by atoms with E-state index in [4.69, 9.17) is 4.74 Å². The van der Waals surface area contributed by atoms with Gasteiger partial charge in [0.15, 0.2) is 0 Å². The lowest BCUT2D eigenvalue weighted by Gasteiger charge is -2.41. The average Bonchev–Trinajstić information content (AvgIpc) is 3.09. The summed E-state index contributed by atoms with van der Waals surface area (Å²) in [5.74, 6) is 0. The van der Waals surface area contributed by atoms with Crippen molar-refractivity contribution in [1.29, 1.82) is 0 Å². The zero-order valence-corrected chi connectivity index (χ0v) is 28.1. The molecule has 0 saturated carbocycles. The van der Waals surface area contributed by atoms with Crippen molar-refractivity contribution >= 4 is 34.5 Å². The molecule has 6 aromatic carbocycles. The van der Waals surface area contributed by atoms with Gasteiger partial charge in [0, 0.05) is 22.5 Å². The number of rotatable bonds is 5. The van der Waals surface area contributed by atoms with Gasteiger partial charge in [0.25, 0.3) is 0 Å². The number of hydrogen-bond donors (Lipinski definition) is 0. The van der Waals surface area contributed by atoms with Gasteiger partial charge in [-0.3, -0.25) is 0 Å². The van der Waals surface area contributed by atoms with Crippen LogP contribution in [0.3, 0.4) is 0 Å². The van der Waals surface area contributed by atoms with Gasteiger partial charge in [-0.15, -0.1) is 0 Å². The molecular weight excluding hydrogens is 588 g/mol. The number of amides is 1. The highest BCUT2D eigenvalue weighted by Crippen LogP contribution is 2.50. The van der Waals surface area contributed by atoms with Crippen molar-refractivity contribution in [2.24, 2.45) is 0 Å². The van der Waals surface area contributed by atoms with E-state index in [1.807, 2.05) is 51.1 Å². The molecule has 7 rings (SSSR count). The maximum atomic E-state index is 13.6. The van der Waals surface area contributed by atoms with E-state index in [-0.39, 0.29) is 11.5 Å².